The minimum Gasteiger partial charge on any atom is -0.354 e. The van der Waals surface area contributed by atoms with E-state index in [1.165, 1.54) is 12.0 Å². The topological polar surface area (TPSA) is 94.1 Å². The third-order valence-electron chi connectivity index (χ3n) is 5.76. The van der Waals surface area contributed by atoms with Gasteiger partial charge in [-0.1, -0.05) is 42.0 Å². The summed E-state index contributed by atoms with van der Waals surface area (Å²) in [6.45, 7) is 2.67. The molecule has 0 spiro atoms. The van der Waals surface area contributed by atoms with Crippen LogP contribution < -0.4 is 15.6 Å². The summed E-state index contributed by atoms with van der Waals surface area (Å²) in [5, 5.41) is 8.88. The van der Waals surface area contributed by atoms with E-state index in [-0.39, 0.29) is 0 Å². The number of hydrogen-bond acceptors (Lipinski definition) is 7. The van der Waals surface area contributed by atoms with Crippen LogP contribution >= 0.6 is 0 Å². The molecular weight excluding hydrogens is 400 g/mol. The Labute approximate surface area is 187 Å². The number of nitrogens with zero attached hydrogens (tertiary/aromatic N) is 5. The number of allylic oxidation sites excluding steroid dienone is 3. The number of hydrazone groups is 1. The van der Waals surface area contributed by atoms with Gasteiger partial charge in [-0.25, -0.2) is 5.43 Å². The molecule has 0 atom stereocenters. The summed E-state index contributed by atoms with van der Waals surface area (Å²) < 4.78 is 0. The van der Waals surface area contributed by atoms with Crippen molar-refractivity contribution in [3.63, 3.8) is 0 Å². The van der Waals surface area contributed by atoms with Crippen molar-refractivity contribution in [1.82, 2.24) is 19.9 Å². The van der Waals surface area contributed by atoms with Gasteiger partial charge in [-0.2, -0.15) is 20.1 Å². The molecule has 0 amide bonds. The highest BCUT2D eigenvalue weighted by molar-refractivity contribution is 5.89. The third-order valence-corrected chi connectivity index (χ3v) is 5.76. The first-order valence-electron chi connectivity index (χ1n) is 11.3. The number of aromatic nitrogens is 4. The summed E-state index contributed by atoms with van der Waals surface area (Å²) in [5.74, 6) is 1.70. The van der Waals surface area contributed by atoms with Crippen molar-refractivity contribution >= 4 is 35.0 Å². The highest BCUT2D eigenvalue weighted by Gasteiger charge is 2.16. The minimum absolute atomic E-state index is 0.438. The minimum atomic E-state index is 0.438. The number of rotatable bonds is 7. The number of aromatic amines is 1. The quantitative estimate of drug-likeness (QED) is 0.379. The maximum atomic E-state index is 4.69. The van der Waals surface area contributed by atoms with Crippen LogP contribution in [-0.2, 0) is 0 Å². The molecule has 1 saturated heterocycles. The Balaban J connectivity index is 1.33. The Kier molecular flexibility index (Phi) is 6.09. The lowest BCUT2D eigenvalue weighted by Crippen LogP contribution is -2.31. The number of H-pyrrole nitrogens is 1. The zero-order valence-corrected chi connectivity index (χ0v) is 18.1. The first-order valence-corrected chi connectivity index (χ1v) is 11.3. The molecule has 3 aromatic rings. The van der Waals surface area contributed by atoms with Gasteiger partial charge in [-0.3, -0.25) is 0 Å². The molecule has 1 fully saturated rings. The monoisotopic (exact) mass is 428 g/mol. The summed E-state index contributed by atoms with van der Waals surface area (Å²) >= 11 is 0. The fraction of sp³-hybridized carbons (Fsp3) is 0.333. The molecule has 0 unspecified atom stereocenters. The molecule has 1 aromatic carbocycles. The van der Waals surface area contributed by atoms with Gasteiger partial charge >= 0.3 is 0 Å². The molecule has 2 aromatic heterocycles. The van der Waals surface area contributed by atoms with Gasteiger partial charge in [0.15, 0.2) is 0 Å². The predicted molar refractivity (Wildman–Crippen MR) is 130 cm³/mol. The Bertz CT molecular complexity index is 1120. The van der Waals surface area contributed by atoms with Gasteiger partial charge in [0.05, 0.1) is 11.9 Å². The van der Waals surface area contributed by atoms with Crippen LogP contribution in [0.25, 0.3) is 10.9 Å². The zero-order valence-electron chi connectivity index (χ0n) is 18.1. The van der Waals surface area contributed by atoms with E-state index < -0.39 is 0 Å². The van der Waals surface area contributed by atoms with E-state index in [1.54, 1.807) is 6.21 Å². The van der Waals surface area contributed by atoms with E-state index in [1.807, 2.05) is 18.2 Å². The fourth-order valence-corrected chi connectivity index (χ4v) is 4.05. The van der Waals surface area contributed by atoms with Crippen LogP contribution in [-0.4, -0.2) is 45.8 Å². The van der Waals surface area contributed by atoms with E-state index in [4.69, 9.17) is 0 Å². The number of fused-ring (bicyclic) bond motifs is 1. The lowest BCUT2D eigenvalue weighted by Gasteiger charge is -2.27. The third kappa shape index (κ3) is 4.96. The standard InChI is InChI=1S/C24H28N8/c1-3-9-18(10-4-1)16-25-22-28-23(30-24(29-22)32-13-7-2-8-14-32)31-26-17-20-15-19-11-5-6-12-21(19)27-20/h1,3,5-6,9,11-12,15,17,27H,2,4,7-8,10,13-14,16H2,(H2,25,28,29,30,31)/b26-17+. The SMILES string of the molecule is C1=CCCC(CNc2nc(N/N=C/c3cc4ccccc4[nH]3)nc(N3CCCCC3)n2)=C1. The van der Waals surface area contributed by atoms with Gasteiger partial charge in [0.25, 0.3) is 0 Å². The average Bonchev–Trinajstić information content (AvgIpc) is 3.27. The fourth-order valence-electron chi connectivity index (χ4n) is 4.05. The Morgan fingerprint density at radius 2 is 1.94 bits per heavy atom. The van der Waals surface area contributed by atoms with Crippen molar-refractivity contribution < 1.29 is 0 Å². The van der Waals surface area contributed by atoms with E-state index in [0.717, 1.165) is 61.9 Å². The van der Waals surface area contributed by atoms with E-state index in [2.05, 4.69) is 71.0 Å². The molecule has 1 aliphatic carbocycles. The molecule has 32 heavy (non-hydrogen) atoms. The maximum Gasteiger partial charge on any atom is 0.250 e. The van der Waals surface area contributed by atoms with E-state index in [9.17, 15) is 0 Å². The molecule has 0 bridgehead atoms. The number of anilines is 3. The van der Waals surface area contributed by atoms with Gasteiger partial charge in [0.2, 0.25) is 17.8 Å². The summed E-state index contributed by atoms with van der Waals surface area (Å²) in [5.41, 5.74) is 6.34. The van der Waals surface area contributed by atoms with Crippen molar-refractivity contribution in [1.29, 1.82) is 0 Å². The van der Waals surface area contributed by atoms with E-state index >= 15 is 0 Å². The van der Waals surface area contributed by atoms with Gasteiger partial charge in [-0.15, -0.1) is 0 Å². The second-order valence-corrected chi connectivity index (χ2v) is 8.16. The van der Waals surface area contributed by atoms with Crippen LogP contribution in [0.4, 0.5) is 17.8 Å². The smallest absolute Gasteiger partial charge is 0.250 e. The van der Waals surface area contributed by atoms with Crippen molar-refractivity contribution in [2.75, 3.05) is 35.3 Å². The number of benzene rings is 1. The highest BCUT2D eigenvalue weighted by atomic mass is 15.4. The lowest BCUT2D eigenvalue weighted by molar-refractivity contribution is 0.568. The van der Waals surface area contributed by atoms with Gasteiger partial charge in [0.1, 0.15) is 0 Å². The molecule has 164 valence electrons. The molecule has 1 aliphatic heterocycles. The van der Waals surface area contributed by atoms with Crippen LogP contribution in [0.15, 0.2) is 59.2 Å². The van der Waals surface area contributed by atoms with E-state index in [0.29, 0.717) is 17.8 Å². The van der Waals surface area contributed by atoms with Crippen molar-refractivity contribution in [2.45, 2.75) is 32.1 Å². The normalized spacial score (nSPS) is 16.5. The summed E-state index contributed by atoms with van der Waals surface area (Å²) in [6, 6.07) is 10.2. The number of para-hydroxylation sites is 1. The van der Waals surface area contributed by atoms with Crippen molar-refractivity contribution in [2.24, 2.45) is 5.10 Å². The van der Waals surface area contributed by atoms with Crippen molar-refractivity contribution in [3.8, 4) is 0 Å². The number of piperidine rings is 1. The van der Waals surface area contributed by atoms with Crippen LogP contribution in [0.1, 0.15) is 37.8 Å². The lowest BCUT2D eigenvalue weighted by atomic mass is 10.1. The number of nitrogens with one attached hydrogen (secondary N) is 3. The molecule has 0 radical (unpaired) electrons. The van der Waals surface area contributed by atoms with Crippen molar-refractivity contribution in [3.05, 3.63) is 59.8 Å². The Hall–Kier alpha value is -3.68. The summed E-state index contributed by atoms with van der Waals surface area (Å²) in [4.78, 5) is 19.4. The van der Waals surface area contributed by atoms with Gasteiger partial charge in [0, 0.05) is 30.5 Å². The highest BCUT2D eigenvalue weighted by Crippen LogP contribution is 2.20. The molecule has 2 aliphatic rings. The van der Waals surface area contributed by atoms with Crippen LogP contribution in [0, 0.1) is 0 Å². The number of hydrogen-bond donors (Lipinski definition) is 3. The van der Waals surface area contributed by atoms with Crippen LogP contribution in [0.5, 0.6) is 0 Å². The molecule has 3 heterocycles. The first kappa shape index (κ1) is 20.2. The molecule has 5 rings (SSSR count). The molecule has 0 saturated carbocycles. The first-order chi connectivity index (χ1) is 15.8. The summed E-state index contributed by atoms with van der Waals surface area (Å²) in [6.07, 6.45) is 13.9. The predicted octanol–water partition coefficient (Wildman–Crippen LogP) is 4.48. The molecule has 3 N–H and O–H groups in total. The Morgan fingerprint density at radius 1 is 1.06 bits per heavy atom. The average molecular weight is 429 g/mol. The maximum absolute atomic E-state index is 4.69. The van der Waals surface area contributed by atoms with Crippen LogP contribution in [0.2, 0.25) is 0 Å². The molecule has 8 nitrogen and oxygen atoms in total. The second-order valence-electron chi connectivity index (χ2n) is 8.16. The molecule has 8 heteroatoms. The molecular formula is C24H28N8. The Morgan fingerprint density at radius 3 is 2.78 bits per heavy atom. The second kappa shape index (κ2) is 9.64. The summed E-state index contributed by atoms with van der Waals surface area (Å²) in [7, 11) is 0. The van der Waals surface area contributed by atoms with Gasteiger partial charge in [-0.05, 0) is 44.2 Å². The zero-order chi connectivity index (χ0) is 21.6. The van der Waals surface area contributed by atoms with Crippen LogP contribution in [0.3, 0.4) is 0 Å². The van der Waals surface area contributed by atoms with Gasteiger partial charge < -0.3 is 15.2 Å². The largest absolute Gasteiger partial charge is 0.354 e.